The van der Waals surface area contributed by atoms with Crippen molar-refractivity contribution in [3.63, 3.8) is 0 Å². The van der Waals surface area contributed by atoms with E-state index in [0.717, 1.165) is 19.3 Å². The molecule has 120 valence electrons. The molecule has 1 atom stereocenters. The Bertz CT molecular complexity index is 276. The summed E-state index contributed by atoms with van der Waals surface area (Å²) >= 11 is 0. The van der Waals surface area contributed by atoms with E-state index in [4.69, 9.17) is 4.74 Å². The number of aliphatic hydroxyl groups excluding tert-OH is 1. The molecular weight excluding hydrogens is 254 g/mol. The molecule has 1 amide bonds. The highest BCUT2D eigenvalue weighted by Crippen LogP contribution is 2.15. The van der Waals surface area contributed by atoms with Crippen LogP contribution in [0.2, 0.25) is 0 Å². The first-order chi connectivity index (χ1) is 9.06. The Labute approximate surface area is 124 Å². The number of unbranched alkanes of at least 4 members (excludes halogenated alkanes) is 1. The predicted molar refractivity (Wildman–Crippen MR) is 82.6 cm³/mol. The van der Waals surface area contributed by atoms with Crippen LogP contribution in [0.25, 0.3) is 0 Å². The van der Waals surface area contributed by atoms with Gasteiger partial charge in [0.1, 0.15) is 0 Å². The lowest BCUT2D eigenvalue weighted by Gasteiger charge is -2.23. The van der Waals surface area contributed by atoms with Gasteiger partial charge in [-0.05, 0) is 33.6 Å². The first-order valence-electron chi connectivity index (χ1n) is 7.59. The van der Waals surface area contributed by atoms with E-state index in [1.54, 1.807) is 0 Å². The Hall–Kier alpha value is -0.610. The van der Waals surface area contributed by atoms with E-state index in [-0.39, 0.29) is 29.4 Å². The first kappa shape index (κ1) is 19.4. The maximum atomic E-state index is 11.7. The van der Waals surface area contributed by atoms with Crippen molar-refractivity contribution in [1.29, 1.82) is 0 Å². The molecule has 0 bridgehead atoms. The molecule has 0 aliphatic heterocycles. The lowest BCUT2D eigenvalue weighted by molar-refractivity contribution is -0.128. The van der Waals surface area contributed by atoms with Crippen molar-refractivity contribution in [1.82, 2.24) is 5.32 Å². The van der Waals surface area contributed by atoms with E-state index < -0.39 is 0 Å². The van der Waals surface area contributed by atoms with Gasteiger partial charge in [-0.25, -0.2) is 0 Å². The third kappa shape index (κ3) is 10.2. The molecule has 0 saturated carbocycles. The van der Waals surface area contributed by atoms with Crippen molar-refractivity contribution < 1.29 is 14.6 Å². The predicted octanol–water partition coefficient (Wildman–Crippen LogP) is 2.74. The monoisotopic (exact) mass is 287 g/mol. The number of carbonyl (C=O) groups is 1. The molecule has 0 fully saturated rings. The summed E-state index contributed by atoms with van der Waals surface area (Å²) in [7, 11) is 0. The number of hydrogen-bond acceptors (Lipinski definition) is 3. The van der Waals surface area contributed by atoms with Crippen LogP contribution in [0.5, 0.6) is 0 Å². The topological polar surface area (TPSA) is 58.6 Å². The fourth-order valence-electron chi connectivity index (χ4n) is 1.62. The van der Waals surface area contributed by atoms with Crippen LogP contribution < -0.4 is 5.32 Å². The maximum absolute atomic E-state index is 11.7. The van der Waals surface area contributed by atoms with Crippen LogP contribution in [0.4, 0.5) is 0 Å². The molecule has 20 heavy (non-hydrogen) atoms. The van der Waals surface area contributed by atoms with Crippen molar-refractivity contribution >= 4 is 5.91 Å². The molecule has 0 aromatic heterocycles. The van der Waals surface area contributed by atoms with Crippen molar-refractivity contribution in [2.45, 2.75) is 66.4 Å². The summed E-state index contributed by atoms with van der Waals surface area (Å²) in [5.41, 5.74) is -0.484. The van der Waals surface area contributed by atoms with Gasteiger partial charge < -0.3 is 15.2 Å². The van der Waals surface area contributed by atoms with Crippen LogP contribution in [0, 0.1) is 11.3 Å². The zero-order valence-electron chi connectivity index (χ0n) is 14.1. The summed E-state index contributed by atoms with van der Waals surface area (Å²) in [5, 5.41) is 12.3. The Morgan fingerprint density at radius 3 is 2.20 bits per heavy atom. The lowest BCUT2D eigenvalue weighted by Crippen LogP contribution is -2.35. The van der Waals surface area contributed by atoms with Gasteiger partial charge in [0.05, 0.1) is 12.2 Å². The van der Waals surface area contributed by atoms with Crippen LogP contribution in [0.15, 0.2) is 0 Å². The normalized spacial score (nSPS) is 14.2. The molecule has 0 spiro atoms. The average Bonchev–Trinajstić information content (AvgIpc) is 2.29. The van der Waals surface area contributed by atoms with Gasteiger partial charge in [-0.2, -0.15) is 0 Å². The van der Waals surface area contributed by atoms with Crippen LogP contribution in [-0.4, -0.2) is 36.4 Å². The standard InChI is InChI=1S/C16H33NO3/c1-15(2,3)14(19)17-10-8-7-9-13(11-18)12-20-16(4,5)6/h13,18H,7-12H2,1-6H3,(H,17,19)/t13-/m1/s1. The van der Waals surface area contributed by atoms with E-state index in [1.165, 1.54) is 0 Å². The fraction of sp³-hybridized carbons (Fsp3) is 0.938. The second-order valence-corrected chi connectivity index (χ2v) is 7.47. The Morgan fingerprint density at radius 2 is 1.75 bits per heavy atom. The quantitative estimate of drug-likeness (QED) is 0.675. The van der Waals surface area contributed by atoms with Gasteiger partial charge in [0.15, 0.2) is 0 Å². The van der Waals surface area contributed by atoms with E-state index in [2.05, 4.69) is 5.32 Å². The van der Waals surface area contributed by atoms with Crippen molar-refractivity contribution in [2.24, 2.45) is 11.3 Å². The minimum absolute atomic E-state index is 0.0901. The van der Waals surface area contributed by atoms with Crippen LogP contribution in [0.1, 0.15) is 60.8 Å². The largest absolute Gasteiger partial charge is 0.396 e. The molecule has 4 heteroatoms. The van der Waals surface area contributed by atoms with E-state index in [9.17, 15) is 9.90 Å². The molecule has 0 unspecified atom stereocenters. The number of aliphatic hydroxyl groups is 1. The summed E-state index contributed by atoms with van der Waals surface area (Å²) in [6.07, 6.45) is 2.86. The summed E-state index contributed by atoms with van der Waals surface area (Å²) in [6, 6.07) is 0. The van der Waals surface area contributed by atoms with Gasteiger partial charge in [-0.3, -0.25) is 4.79 Å². The van der Waals surface area contributed by atoms with Crippen LogP contribution >= 0.6 is 0 Å². The SMILES string of the molecule is CC(C)(C)OC[C@@H](CO)CCCCNC(=O)C(C)(C)C. The van der Waals surface area contributed by atoms with Gasteiger partial charge in [-0.1, -0.05) is 27.2 Å². The number of nitrogens with one attached hydrogen (secondary N) is 1. The van der Waals surface area contributed by atoms with Gasteiger partial charge >= 0.3 is 0 Å². The minimum Gasteiger partial charge on any atom is -0.396 e. The third-order valence-corrected chi connectivity index (χ3v) is 3.02. The van der Waals surface area contributed by atoms with Crippen molar-refractivity contribution in [3.05, 3.63) is 0 Å². The Morgan fingerprint density at radius 1 is 1.15 bits per heavy atom. The smallest absolute Gasteiger partial charge is 0.225 e. The summed E-state index contributed by atoms with van der Waals surface area (Å²) < 4.78 is 5.69. The van der Waals surface area contributed by atoms with Gasteiger partial charge in [0.2, 0.25) is 5.91 Å². The van der Waals surface area contributed by atoms with E-state index in [1.807, 2.05) is 41.5 Å². The molecular formula is C16H33NO3. The highest BCUT2D eigenvalue weighted by atomic mass is 16.5. The average molecular weight is 287 g/mol. The molecule has 0 aromatic carbocycles. The van der Waals surface area contributed by atoms with Gasteiger partial charge in [0, 0.05) is 24.5 Å². The minimum atomic E-state index is -0.325. The molecule has 0 heterocycles. The number of amides is 1. The fourth-order valence-corrected chi connectivity index (χ4v) is 1.62. The molecule has 0 aliphatic rings. The zero-order chi connectivity index (χ0) is 15.8. The summed E-state index contributed by atoms with van der Waals surface area (Å²) in [6.45, 7) is 13.2. The van der Waals surface area contributed by atoms with Crippen molar-refractivity contribution in [2.75, 3.05) is 19.8 Å². The van der Waals surface area contributed by atoms with Gasteiger partial charge in [-0.15, -0.1) is 0 Å². The lowest BCUT2D eigenvalue weighted by atomic mass is 9.95. The van der Waals surface area contributed by atoms with Crippen molar-refractivity contribution in [3.8, 4) is 0 Å². The van der Waals surface area contributed by atoms with E-state index >= 15 is 0 Å². The van der Waals surface area contributed by atoms with Crippen LogP contribution in [0.3, 0.4) is 0 Å². The zero-order valence-corrected chi connectivity index (χ0v) is 14.1. The highest BCUT2D eigenvalue weighted by Gasteiger charge is 2.20. The number of ether oxygens (including phenoxy) is 1. The second kappa shape index (κ2) is 8.63. The second-order valence-electron chi connectivity index (χ2n) is 7.47. The number of rotatable bonds is 8. The molecule has 0 aromatic rings. The van der Waals surface area contributed by atoms with E-state index in [0.29, 0.717) is 13.2 Å². The van der Waals surface area contributed by atoms with Gasteiger partial charge in [0.25, 0.3) is 0 Å². The number of hydrogen-bond donors (Lipinski definition) is 2. The summed E-state index contributed by atoms with van der Waals surface area (Å²) in [4.78, 5) is 11.7. The molecule has 0 rings (SSSR count). The maximum Gasteiger partial charge on any atom is 0.225 e. The molecule has 0 saturated heterocycles. The van der Waals surface area contributed by atoms with Crippen LogP contribution in [-0.2, 0) is 9.53 Å². The molecule has 4 nitrogen and oxygen atoms in total. The highest BCUT2D eigenvalue weighted by molar-refractivity contribution is 5.81. The molecule has 0 radical (unpaired) electrons. The Balaban J connectivity index is 3.74. The summed E-state index contributed by atoms with van der Waals surface area (Å²) in [5.74, 6) is 0.278. The molecule has 0 aliphatic carbocycles. The first-order valence-corrected chi connectivity index (χ1v) is 7.59. The molecule has 2 N–H and O–H groups in total. The Kier molecular flexibility index (Phi) is 8.36. The third-order valence-electron chi connectivity index (χ3n) is 3.02. The number of carbonyl (C=O) groups excluding carboxylic acids is 1.